The van der Waals surface area contributed by atoms with Crippen LogP contribution in [0.4, 0.5) is 5.69 Å². The first-order valence-corrected chi connectivity index (χ1v) is 8.77. The summed E-state index contributed by atoms with van der Waals surface area (Å²) in [5.74, 6) is -0.0756. The van der Waals surface area contributed by atoms with Crippen LogP contribution in [0.15, 0.2) is 59.4 Å². The number of ether oxygens (including phenoxy) is 1. The van der Waals surface area contributed by atoms with Gasteiger partial charge in [-0.1, -0.05) is 23.7 Å². The maximum absolute atomic E-state index is 12.7. The molecule has 1 amide bonds. The average molecular weight is 384 g/mol. The zero-order valence-corrected chi connectivity index (χ0v) is 15.7. The number of nitrogens with one attached hydrogen (secondary N) is 1. The first kappa shape index (κ1) is 18.7. The van der Waals surface area contributed by atoms with Crippen molar-refractivity contribution in [3.05, 3.63) is 81.2 Å². The van der Waals surface area contributed by atoms with Crippen LogP contribution in [0.2, 0.25) is 5.02 Å². The predicted octanol–water partition coefficient (Wildman–Crippen LogP) is 3.85. The van der Waals surface area contributed by atoms with Crippen molar-refractivity contribution in [2.45, 2.75) is 13.8 Å². The summed E-state index contributed by atoms with van der Waals surface area (Å²) >= 11 is 5.92. The van der Waals surface area contributed by atoms with Crippen molar-refractivity contribution >= 4 is 23.2 Å². The number of nitrogens with zero attached hydrogens (tertiary/aromatic N) is 2. The Hall–Kier alpha value is -3.12. The van der Waals surface area contributed by atoms with Crippen LogP contribution >= 0.6 is 11.6 Å². The highest BCUT2D eigenvalue weighted by Gasteiger charge is 2.17. The van der Waals surface area contributed by atoms with Gasteiger partial charge in [-0.3, -0.25) is 9.59 Å². The zero-order chi connectivity index (χ0) is 19.4. The molecule has 3 rings (SSSR count). The average Bonchev–Trinajstić information content (AvgIpc) is 2.64. The number of halogens is 1. The van der Waals surface area contributed by atoms with Crippen LogP contribution in [0.25, 0.3) is 5.69 Å². The molecule has 1 heterocycles. The minimum atomic E-state index is -0.602. The number of aryl methyl sites for hydroxylation is 1. The molecule has 0 fully saturated rings. The molecule has 27 heavy (non-hydrogen) atoms. The summed E-state index contributed by atoms with van der Waals surface area (Å²) in [6, 6.07) is 15.4. The monoisotopic (exact) mass is 383 g/mol. The Labute approximate surface area is 161 Å². The Bertz CT molecular complexity index is 1030. The van der Waals surface area contributed by atoms with E-state index in [0.29, 0.717) is 34.4 Å². The van der Waals surface area contributed by atoms with Crippen molar-refractivity contribution < 1.29 is 9.53 Å². The van der Waals surface area contributed by atoms with E-state index < -0.39 is 11.3 Å². The van der Waals surface area contributed by atoms with Crippen molar-refractivity contribution in [1.82, 2.24) is 9.78 Å². The van der Waals surface area contributed by atoms with Crippen LogP contribution in [0.1, 0.15) is 23.1 Å². The lowest BCUT2D eigenvalue weighted by atomic mass is 10.2. The van der Waals surface area contributed by atoms with Gasteiger partial charge in [0.25, 0.3) is 5.91 Å². The second-order valence-electron chi connectivity index (χ2n) is 5.77. The van der Waals surface area contributed by atoms with E-state index in [1.165, 1.54) is 10.7 Å². The van der Waals surface area contributed by atoms with Gasteiger partial charge in [0.15, 0.2) is 5.69 Å². The van der Waals surface area contributed by atoms with Gasteiger partial charge in [0.05, 0.1) is 18.0 Å². The molecule has 0 bridgehead atoms. The summed E-state index contributed by atoms with van der Waals surface area (Å²) in [6.45, 7) is 4.05. The number of amides is 1. The highest BCUT2D eigenvalue weighted by atomic mass is 35.5. The lowest BCUT2D eigenvalue weighted by molar-refractivity contribution is 0.101. The summed E-state index contributed by atoms with van der Waals surface area (Å²) in [5, 5.41) is 7.54. The summed E-state index contributed by atoms with van der Waals surface area (Å²) in [5.41, 5.74) is 1.12. The van der Waals surface area contributed by atoms with E-state index in [9.17, 15) is 9.59 Å². The Kier molecular flexibility index (Phi) is 5.57. The molecule has 0 unspecified atom stereocenters. The molecule has 0 aliphatic carbocycles. The SMILES string of the molecule is CCOc1ccccc1NC(=O)c1nn(-c2ccc(Cl)cc2)c(C)cc1=O. The first-order chi connectivity index (χ1) is 13.0. The Morgan fingerprint density at radius 3 is 2.59 bits per heavy atom. The molecule has 0 spiro atoms. The van der Waals surface area contributed by atoms with Crippen LogP contribution in [-0.2, 0) is 0 Å². The molecule has 2 aromatic carbocycles. The standard InChI is InChI=1S/C20H18ClN3O3/c1-3-27-18-7-5-4-6-16(18)22-20(26)19-17(25)12-13(2)24(23-19)15-10-8-14(21)9-11-15/h4-12H,3H2,1-2H3,(H,22,26). The summed E-state index contributed by atoms with van der Waals surface area (Å²) in [7, 11) is 0. The summed E-state index contributed by atoms with van der Waals surface area (Å²) in [6.07, 6.45) is 0. The molecule has 0 atom stereocenters. The number of para-hydroxylation sites is 2. The normalized spacial score (nSPS) is 10.5. The largest absolute Gasteiger partial charge is 0.492 e. The van der Waals surface area contributed by atoms with Gasteiger partial charge < -0.3 is 10.1 Å². The van der Waals surface area contributed by atoms with Gasteiger partial charge >= 0.3 is 0 Å². The third-order valence-corrected chi connectivity index (χ3v) is 4.08. The fourth-order valence-corrected chi connectivity index (χ4v) is 2.71. The molecule has 6 nitrogen and oxygen atoms in total. The molecule has 0 radical (unpaired) electrons. The highest BCUT2D eigenvalue weighted by molar-refractivity contribution is 6.30. The van der Waals surface area contributed by atoms with Gasteiger partial charge in [-0.15, -0.1) is 0 Å². The molecule has 0 saturated heterocycles. The fourth-order valence-electron chi connectivity index (χ4n) is 2.58. The van der Waals surface area contributed by atoms with Crippen LogP contribution in [-0.4, -0.2) is 22.3 Å². The van der Waals surface area contributed by atoms with Crippen LogP contribution < -0.4 is 15.5 Å². The fraction of sp³-hybridized carbons (Fsp3) is 0.150. The molecule has 1 aromatic heterocycles. The minimum Gasteiger partial charge on any atom is -0.492 e. The van der Waals surface area contributed by atoms with Crippen LogP contribution in [0.5, 0.6) is 5.75 Å². The third kappa shape index (κ3) is 4.17. The number of rotatable bonds is 5. The van der Waals surface area contributed by atoms with E-state index in [4.69, 9.17) is 16.3 Å². The Balaban J connectivity index is 1.97. The topological polar surface area (TPSA) is 73.2 Å². The quantitative estimate of drug-likeness (QED) is 0.726. The van der Waals surface area contributed by atoms with E-state index in [2.05, 4.69) is 10.4 Å². The molecular weight excluding hydrogens is 366 g/mol. The summed E-state index contributed by atoms with van der Waals surface area (Å²) < 4.78 is 7.03. The smallest absolute Gasteiger partial charge is 0.280 e. The second kappa shape index (κ2) is 8.05. The molecule has 7 heteroatoms. The molecule has 0 saturated carbocycles. The minimum absolute atomic E-state index is 0.207. The third-order valence-electron chi connectivity index (χ3n) is 3.83. The van der Waals surface area contributed by atoms with E-state index >= 15 is 0 Å². The van der Waals surface area contributed by atoms with Crippen molar-refractivity contribution in [2.24, 2.45) is 0 Å². The number of hydrogen-bond acceptors (Lipinski definition) is 4. The number of aromatic nitrogens is 2. The Morgan fingerprint density at radius 2 is 1.89 bits per heavy atom. The van der Waals surface area contributed by atoms with Gasteiger partial charge in [-0.05, 0) is 50.2 Å². The van der Waals surface area contributed by atoms with E-state index in [1.54, 1.807) is 55.5 Å². The van der Waals surface area contributed by atoms with Gasteiger partial charge in [0.2, 0.25) is 5.43 Å². The lowest BCUT2D eigenvalue weighted by Gasteiger charge is -2.13. The van der Waals surface area contributed by atoms with E-state index in [1.807, 2.05) is 6.92 Å². The predicted molar refractivity (Wildman–Crippen MR) is 105 cm³/mol. The Morgan fingerprint density at radius 1 is 1.19 bits per heavy atom. The lowest BCUT2D eigenvalue weighted by Crippen LogP contribution is -2.27. The maximum Gasteiger partial charge on any atom is 0.280 e. The van der Waals surface area contributed by atoms with Gasteiger partial charge in [-0.2, -0.15) is 5.10 Å². The summed E-state index contributed by atoms with van der Waals surface area (Å²) in [4.78, 5) is 25.0. The molecule has 1 N–H and O–H groups in total. The number of carbonyl (C=O) groups is 1. The number of carbonyl (C=O) groups excluding carboxylic acids is 1. The number of hydrogen-bond donors (Lipinski definition) is 1. The molecule has 3 aromatic rings. The zero-order valence-electron chi connectivity index (χ0n) is 14.9. The number of anilines is 1. The van der Waals surface area contributed by atoms with Gasteiger partial charge in [0, 0.05) is 16.8 Å². The van der Waals surface area contributed by atoms with Crippen molar-refractivity contribution in [3.8, 4) is 11.4 Å². The van der Waals surface area contributed by atoms with Crippen molar-refractivity contribution in [1.29, 1.82) is 0 Å². The second-order valence-corrected chi connectivity index (χ2v) is 6.21. The van der Waals surface area contributed by atoms with Crippen LogP contribution in [0.3, 0.4) is 0 Å². The van der Waals surface area contributed by atoms with Crippen molar-refractivity contribution in [3.63, 3.8) is 0 Å². The van der Waals surface area contributed by atoms with E-state index in [-0.39, 0.29) is 5.69 Å². The van der Waals surface area contributed by atoms with Gasteiger partial charge in [-0.25, -0.2) is 4.68 Å². The van der Waals surface area contributed by atoms with Crippen molar-refractivity contribution in [2.75, 3.05) is 11.9 Å². The van der Waals surface area contributed by atoms with Gasteiger partial charge in [0.1, 0.15) is 5.75 Å². The maximum atomic E-state index is 12.7. The first-order valence-electron chi connectivity index (χ1n) is 8.39. The molecular formula is C20H18ClN3O3. The molecule has 0 aliphatic heterocycles. The van der Waals surface area contributed by atoms with E-state index in [0.717, 1.165) is 0 Å². The van der Waals surface area contributed by atoms with Crippen LogP contribution in [0, 0.1) is 6.92 Å². The number of benzene rings is 2. The highest BCUT2D eigenvalue weighted by Crippen LogP contribution is 2.24. The molecule has 0 aliphatic rings. The molecule has 138 valence electrons.